The topological polar surface area (TPSA) is 141 Å². The van der Waals surface area contributed by atoms with Crippen LogP contribution < -0.4 is 15.4 Å². The van der Waals surface area contributed by atoms with Crippen LogP contribution in [0.15, 0.2) is 95.9 Å². The second-order valence-electron chi connectivity index (χ2n) is 13.5. The third-order valence-electron chi connectivity index (χ3n) is 9.56. The fourth-order valence-electron chi connectivity index (χ4n) is 6.79. The van der Waals surface area contributed by atoms with Crippen LogP contribution >= 0.6 is 0 Å². The van der Waals surface area contributed by atoms with Crippen molar-refractivity contribution < 1.29 is 27.5 Å². The van der Waals surface area contributed by atoms with Crippen LogP contribution in [0.1, 0.15) is 78.5 Å². The zero-order valence-corrected chi connectivity index (χ0v) is 29.8. The molecule has 51 heavy (non-hydrogen) atoms. The van der Waals surface area contributed by atoms with Crippen molar-refractivity contribution in [3.63, 3.8) is 0 Å². The summed E-state index contributed by atoms with van der Waals surface area (Å²) in [6.45, 7) is 2.46. The van der Waals surface area contributed by atoms with Gasteiger partial charge >= 0.3 is 0 Å². The lowest BCUT2D eigenvalue weighted by molar-refractivity contribution is -0.124. The summed E-state index contributed by atoms with van der Waals surface area (Å²) in [6.07, 6.45) is 6.69. The van der Waals surface area contributed by atoms with E-state index in [-0.39, 0.29) is 53.2 Å². The van der Waals surface area contributed by atoms with Crippen LogP contribution in [0.2, 0.25) is 0 Å². The summed E-state index contributed by atoms with van der Waals surface area (Å²) in [4.78, 5) is 27.6. The lowest BCUT2D eigenvalue weighted by Gasteiger charge is -2.32. The van der Waals surface area contributed by atoms with Crippen molar-refractivity contribution in [3.05, 3.63) is 113 Å². The fraction of sp³-hybridized carbons (Fsp3) is 0.410. The number of benzene rings is 3. The maximum absolute atomic E-state index is 13.9. The number of nitrogens with zero attached hydrogens (tertiary/aromatic N) is 2. The van der Waals surface area contributed by atoms with Gasteiger partial charge in [-0.2, -0.15) is 5.10 Å². The van der Waals surface area contributed by atoms with Gasteiger partial charge in [0, 0.05) is 6.07 Å². The molecule has 2 fully saturated rings. The van der Waals surface area contributed by atoms with Gasteiger partial charge in [-0.05, 0) is 55.9 Å². The van der Waals surface area contributed by atoms with Crippen molar-refractivity contribution >= 4 is 27.7 Å². The van der Waals surface area contributed by atoms with Crippen LogP contribution in [-0.4, -0.2) is 54.3 Å². The van der Waals surface area contributed by atoms with Crippen LogP contribution in [0.4, 0.5) is 5.82 Å². The standard InChI is InChI=1S/C39H47N5O6S/c1-28-20-22-31(23-21-28)51(47,48)43-37-24-34(39(46)41-33-17-9-11-19-36(33)50-27-30-14-6-3-7-15-30)44(42-37)25-38(45)40-32-16-8-10-18-35(32)49-26-29-12-4-2-5-13-29/h2-7,12-15,20-24,32-33,35-36H,8-11,16-19,25-27H2,1H3,(H,40,45)(H,41,46)(H,42,43)/t32-,33-,35-,36-/m0/s1. The normalized spacial score (nSPS) is 20.7. The highest BCUT2D eigenvalue weighted by Gasteiger charge is 2.31. The summed E-state index contributed by atoms with van der Waals surface area (Å²) in [7, 11) is -4.01. The van der Waals surface area contributed by atoms with Crippen molar-refractivity contribution in [1.82, 2.24) is 20.4 Å². The van der Waals surface area contributed by atoms with Crippen LogP contribution in [0.3, 0.4) is 0 Å². The summed E-state index contributed by atoms with van der Waals surface area (Å²) in [5, 5.41) is 10.6. The number of hydrogen-bond donors (Lipinski definition) is 3. The number of carbonyl (C=O) groups is 2. The van der Waals surface area contributed by atoms with E-state index in [9.17, 15) is 18.0 Å². The maximum atomic E-state index is 13.9. The van der Waals surface area contributed by atoms with Gasteiger partial charge in [-0.25, -0.2) is 13.1 Å². The molecule has 4 aromatic rings. The number of aryl methyl sites for hydroxylation is 1. The molecule has 0 bridgehead atoms. The minimum atomic E-state index is -4.01. The fourth-order valence-corrected chi connectivity index (χ4v) is 7.78. The zero-order valence-electron chi connectivity index (χ0n) is 29.0. The van der Waals surface area contributed by atoms with Gasteiger partial charge in [0.2, 0.25) is 5.91 Å². The van der Waals surface area contributed by atoms with Gasteiger partial charge in [-0.3, -0.25) is 14.3 Å². The molecule has 2 aliphatic rings. The van der Waals surface area contributed by atoms with Crippen molar-refractivity contribution in [2.24, 2.45) is 0 Å². The molecular formula is C39H47N5O6S. The Morgan fingerprint density at radius 2 is 1.27 bits per heavy atom. The number of aromatic nitrogens is 2. The highest BCUT2D eigenvalue weighted by Crippen LogP contribution is 2.25. The zero-order chi connectivity index (χ0) is 35.6. The highest BCUT2D eigenvalue weighted by molar-refractivity contribution is 7.92. The molecule has 270 valence electrons. The number of sulfonamides is 1. The lowest BCUT2D eigenvalue weighted by Crippen LogP contribution is -2.48. The van der Waals surface area contributed by atoms with Gasteiger partial charge in [-0.15, -0.1) is 0 Å². The van der Waals surface area contributed by atoms with Crippen molar-refractivity contribution in [1.29, 1.82) is 0 Å². The van der Waals surface area contributed by atoms with Gasteiger partial charge in [0.15, 0.2) is 5.82 Å². The van der Waals surface area contributed by atoms with E-state index in [1.165, 1.54) is 22.9 Å². The summed E-state index contributed by atoms with van der Waals surface area (Å²) < 4.78 is 42.8. The van der Waals surface area contributed by atoms with E-state index in [4.69, 9.17) is 9.47 Å². The number of rotatable bonds is 14. The lowest BCUT2D eigenvalue weighted by atomic mass is 9.92. The smallest absolute Gasteiger partial charge is 0.269 e. The third kappa shape index (κ3) is 10.1. The second kappa shape index (κ2) is 17.1. The molecule has 4 atom stereocenters. The second-order valence-corrected chi connectivity index (χ2v) is 15.2. The van der Waals surface area contributed by atoms with E-state index >= 15 is 0 Å². The average molecular weight is 714 g/mol. The first-order valence-corrected chi connectivity index (χ1v) is 19.3. The molecule has 2 saturated carbocycles. The quantitative estimate of drug-likeness (QED) is 0.148. The van der Waals surface area contributed by atoms with Crippen LogP contribution in [0, 0.1) is 6.92 Å². The van der Waals surface area contributed by atoms with Gasteiger partial charge in [0.1, 0.15) is 12.2 Å². The Labute approximate surface area is 300 Å². The Kier molecular flexibility index (Phi) is 12.2. The molecule has 1 heterocycles. The first-order chi connectivity index (χ1) is 24.7. The molecule has 11 nitrogen and oxygen atoms in total. The number of ether oxygens (including phenoxy) is 2. The van der Waals surface area contributed by atoms with Gasteiger partial charge in [0.05, 0.1) is 42.4 Å². The van der Waals surface area contributed by atoms with E-state index < -0.39 is 15.9 Å². The Morgan fingerprint density at radius 1 is 0.745 bits per heavy atom. The predicted molar refractivity (Wildman–Crippen MR) is 194 cm³/mol. The molecule has 0 unspecified atom stereocenters. The molecule has 0 spiro atoms. The minimum absolute atomic E-state index is 0.0595. The van der Waals surface area contributed by atoms with E-state index in [2.05, 4.69) is 20.5 Å². The van der Waals surface area contributed by atoms with Gasteiger partial charge in [0.25, 0.3) is 15.9 Å². The molecule has 0 aliphatic heterocycles. The molecule has 1 aromatic heterocycles. The summed E-state index contributed by atoms with van der Waals surface area (Å²) in [5.74, 6) is -0.865. The van der Waals surface area contributed by atoms with Crippen molar-refractivity contribution in [3.8, 4) is 0 Å². The van der Waals surface area contributed by atoms with Gasteiger partial charge < -0.3 is 20.1 Å². The number of nitrogens with one attached hydrogen (secondary N) is 3. The number of hydrogen-bond acceptors (Lipinski definition) is 7. The monoisotopic (exact) mass is 713 g/mol. The predicted octanol–water partition coefficient (Wildman–Crippen LogP) is 5.89. The summed E-state index contributed by atoms with van der Waals surface area (Å²) in [6, 6.07) is 27.2. The number of anilines is 1. The van der Waals surface area contributed by atoms with Crippen LogP contribution in [0.5, 0.6) is 0 Å². The van der Waals surface area contributed by atoms with Crippen LogP contribution in [-0.2, 0) is 44.1 Å². The molecule has 0 radical (unpaired) electrons. The molecule has 3 aromatic carbocycles. The highest BCUT2D eigenvalue weighted by atomic mass is 32.2. The summed E-state index contributed by atoms with van der Waals surface area (Å²) in [5.41, 5.74) is 3.10. The molecular weight excluding hydrogens is 667 g/mol. The third-order valence-corrected chi connectivity index (χ3v) is 10.9. The first-order valence-electron chi connectivity index (χ1n) is 17.8. The molecule has 3 N–H and O–H groups in total. The van der Waals surface area contributed by atoms with E-state index in [1.54, 1.807) is 12.1 Å². The largest absolute Gasteiger partial charge is 0.371 e. The molecule has 6 rings (SSSR count). The molecule has 2 amide bonds. The average Bonchev–Trinajstić information content (AvgIpc) is 3.52. The Balaban J connectivity index is 1.18. The molecule has 0 saturated heterocycles. The van der Waals surface area contributed by atoms with E-state index in [1.807, 2.05) is 67.6 Å². The van der Waals surface area contributed by atoms with Gasteiger partial charge in [-0.1, -0.05) is 104 Å². The number of carbonyl (C=O) groups excluding carboxylic acids is 2. The maximum Gasteiger partial charge on any atom is 0.269 e. The SMILES string of the molecule is Cc1ccc(S(=O)(=O)Nc2cc(C(=O)N[C@H]3CCCC[C@@H]3OCc3ccccc3)n(CC(=O)N[C@H]3CCCC[C@@H]3OCc3ccccc3)n2)cc1. The minimum Gasteiger partial charge on any atom is -0.371 e. The summed E-state index contributed by atoms with van der Waals surface area (Å²) >= 11 is 0. The molecule has 12 heteroatoms. The van der Waals surface area contributed by atoms with Crippen LogP contribution in [0.25, 0.3) is 0 Å². The Hall–Kier alpha value is -4.52. The Bertz CT molecular complexity index is 1850. The van der Waals surface area contributed by atoms with Crippen molar-refractivity contribution in [2.75, 3.05) is 4.72 Å². The first kappa shape index (κ1) is 36.3. The van der Waals surface area contributed by atoms with Crippen molar-refractivity contribution in [2.45, 2.75) is 107 Å². The molecule has 2 aliphatic carbocycles. The number of amides is 2. The Morgan fingerprint density at radius 3 is 1.84 bits per heavy atom. The van der Waals surface area contributed by atoms with E-state index in [0.29, 0.717) is 13.2 Å². The van der Waals surface area contributed by atoms with E-state index in [0.717, 1.165) is 68.1 Å².